The number of carbonyl (C=O) groups is 3. The molecule has 1 atom stereocenters. The Morgan fingerprint density at radius 3 is 2.52 bits per heavy atom. The number of alkyl carbamates (subject to hydrolysis) is 1. The van der Waals surface area contributed by atoms with Gasteiger partial charge in [0.2, 0.25) is 5.91 Å². The zero-order valence-corrected chi connectivity index (χ0v) is 12.7. The third-order valence-corrected chi connectivity index (χ3v) is 3.51. The summed E-state index contributed by atoms with van der Waals surface area (Å²) in [5.41, 5.74) is 0.836. The molecule has 7 heteroatoms. The van der Waals surface area contributed by atoms with Gasteiger partial charge < -0.3 is 20.5 Å². The van der Waals surface area contributed by atoms with Gasteiger partial charge in [-0.05, 0) is 17.9 Å². The number of amides is 2. The molecular formula is C16H20N2O5. The highest BCUT2D eigenvalue weighted by Gasteiger charge is 2.30. The van der Waals surface area contributed by atoms with Crippen molar-refractivity contribution >= 4 is 18.0 Å². The van der Waals surface area contributed by atoms with Gasteiger partial charge in [0.1, 0.15) is 19.2 Å². The van der Waals surface area contributed by atoms with Crippen LogP contribution in [-0.2, 0) is 20.9 Å². The van der Waals surface area contributed by atoms with Crippen molar-refractivity contribution in [1.29, 1.82) is 0 Å². The third-order valence-electron chi connectivity index (χ3n) is 3.51. The van der Waals surface area contributed by atoms with Crippen LogP contribution in [0.2, 0.25) is 0 Å². The van der Waals surface area contributed by atoms with E-state index in [1.54, 1.807) is 0 Å². The summed E-state index contributed by atoms with van der Waals surface area (Å²) in [5, 5.41) is 13.8. The number of nitrogens with one attached hydrogen (secondary N) is 2. The molecule has 0 spiro atoms. The Balaban J connectivity index is 1.66. The van der Waals surface area contributed by atoms with Gasteiger partial charge in [0.05, 0.1) is 0 Å². The SMILES string of the molecule is O=C(CNC(=O)OCc1ccccc1)N[C@@H](CC1CC1)C(=O)O. The van der Waals surface area contributed by atoms with Gasteiger partial charge in [0, 0.05) is 0 Å². The topological polar surface area (TPSA) is 105 Å². The van der Waals surface area contributed by atoms with Crippen LogP contribution in [-0.4, -0.2) is 35.7 Å². The van der Waals surface area contributed by atoms with Crippen LogP contribution in [0, 0.1) is 5.92 Å². The molecule has 2 rings (SSSR count). The summed E-state index contributed by atoms with van der Waals surface area (Å²) in [4.78, 5) is 34.3. The predicted molar refractivity (Wildman–Crippen MR) is 81.5 cm³/mol. The highest BCUT2D eigenvalue weighted by atomic mass is 16.5. The summed E-state index contributed by atoms with van der Waals surface area (Å²) in [6, 6.07) is 8.24. The van der Waals surface area contributed by atoms with Gasteiger partial charge in [-0.1, -0.05) is 43.2 Å². The first-order valence-corrected chi connectivity index (χ1v) is 7.51. The average molecular weight is 320 g/mol. The van der Waals surface area contributed by atoms with Crippen LogP contribution in [0.3, 0.4) is 0 Å². The van der Waals surface area contributed by atoms with Gasteiger partial charge in [-0.25, -0.2) is 9.59 Å². The lowest BCUT2D eigenvalue weighted by Crippen LogP contribution is -2.45. The lowest BCUT2D eigenvalue weighted by Gasteiger charge is -2.14. The molecule has 0 radical (unpaired) electrons. The molecule has 0 unspecified atom stereocenters. The van der Waals surface area contributed by atoms with E-state index in [0.29, 0.717) is 12.3 Å². The van der Waals surface area contributed by atoms with Crippen LogP contribution in [0.15, 0.2) is 30.3 Å². The molecule has 3 N–H and O–H groups in total. The second-order valence-electron chi connectivity index (χ2n) is 5.55. The van der Waals surface area contributed by atoms with E-state index in [0.717, 1.165) is 18.4 Å². The van der Waals surface area contributed by atoms with E-state index in [1.165, 1.54) is 0 Å². The maximum atomic E-state index is 11.7. The summed E-state index contributed by atoms with van der Waals surface area (Å²) < 4.78 is 4.96. The number of ether oxygens (including phenoxy) is 1. The summed E-state index contributed by atoms with van der Waals surface area (Å²) in [6.07, 6.45) is 1.71. The minimum atomic E-state index is -1.06. The second-order valence-corrected chi connectivity index (χ2v) is 5.55. The third kappa shape index (κ3) is 6.37. The van der Waals surface area contributed by atoms with Crippen LogP contribution in [0.25, 0.3) is 0 Å². The summed E-state index contributed by atoms with van der Waals surface area (Å²) >= 11 is 0. The standard InChI is InChI=1S/C16H20N2O5/c19-14(18-13(15(20)21)8-11-6-7-11)9-17-16(22)23-10-12-4-2-1-3-5-12/h1-5,11,13H,6-10H2,(H,17,22)(H,18,19)(H,20,21)/t13-/m0/s1. The lowest BCUT2D eigenvalue weighted by atomic mass is 10.1. The van der Waals surface area contributed by atoms with Gasteiger partial charge in [-0.3, -0.25) is 4.79 Å². The molecule has 1 fully saturated rings. The molecule has 1 aliphatic rings. The van der Waals surface area contributed by atoms with Crippen molar-refractivity contribution in [2.75, 3.05) is 6.54 Å². The summed E-state index contributed by atoms with van der Waals surface area (Å²) in [7, 11) is 0. The molecule has 7 nitrogen and oxygen atoms in total. The average Bonchev–Trinajstić information content (AvgIpc) is 3.35. The molecule has 0 heterocycles. The molecule has 1 saturated carbocycles. The quantitative estimate of drug-likeness (QED) is 0.669. The van der Waals surface area contributed by atoms with Crippen molar-refractivity contribution in [3.8, 4) is 0 Å². The number of carboxylic acids is 1. The number of carboxylic acid groups (broad SMARTS) is 1. The van der Waals surface area contributed by atoms with Crippen molar-refractivity contribution in [2.45, 2.75) is 31.9 Å². The molecular weight excluding hydrogens is 300 g/mol. The van der Waals surface area contributed by atoms with E-state index >= 15 is 0 Å². The van der Waals surface area contributed by atoms with Gasteiger partial charge in [-0.2, -0.15) is 0 Å². The first kappa shape index (κ1) is 16.8. The van der Waals surface area contributed by atoms with Crippen molar-refractivity contribution < 1.29 is 24.2 Å². The van der Waals surface area contributed by atoms with Crippen molar-refractivity contribution in [2.24, 2.45) is 5.92 Å². The minimum absolute atomic E-state index is 0.105. The van der Waals surface area contributed by atoms with E-state index in [-0.39, 0.29) is 13.2 Å². The highest BCUT2D eigenvalue weighted by molar-refractivity contribution is 5.86. The fourth-order valence-electron chi connectivity index (χ4n) is 2.08. The van der Waals surface area contributed by atoms with Crippen LogP contribution >= 0.6 is 0 Å². The number of hydrogen-bond donors (Lipinski definition) is 3. The normalized spacial score (nSPS) is 14.6. The van der Waals surface area contributed by atoms with E-state index in [2.05, 4.69) is 10.6 Å². The fraction of sp³-hybridized carbons (Fsp3) is 0.438. The number of benzene rings is 1. The molecule has 1 aromatic rings. The molecule has 0 aromatic heterocycles. The molecule has 0 aliphatic heterocycles. The van der Waals surface area contributed by atoms with Gasteiger partial charge in [-0.15, -0.1) is 0 Å². The first-order valence-electron chi connectivity index (χ1n) is 7.51. The maximum absolute atomic E-state index is 11.7. The zero-order chi connectivity index (χ0) is 16.7. The Labute approximate surface area is 134 Å². The number of carbonyl (C=O) groups excluding carboxylic acids is 2. The van der Waals surface area contributed by atoms with E-state index in [4.69, 9.17) is 9.84 Å². The maximum Gasteiger partial charge on any atom is 0.407 e. The van der Waals surface area contributed by atoms with Crippen LogP contribution in [0.4, 0.5) is 4.79 Å². The predicted octanol–water partition coefficient (Wildman–Crippen LogP) is 1.28. The molecule has 1 aliphatic carbocycles. The molecule has 0 bridgehead atoms. The first-order chi connectivity index (χ1) is 11.0. The van der Waals surface area contributed by atoms with Gasteiger partial charge in [0.25, 0.3) is 0 Å². The highest BCUT2D eigenvalue weighted by Crippen LogP contribution is 2.33. The number of hydrogen-bond acceptors (Lipinski definition) is 4. The van der Waals surface area contributed by atoms with Crippen LogP contribution in [0.5, 0.6) is 0 Å². The molecule has 124 valence electrons. The Bertz CT molecular complexity index is 557. The number of rotatable bonds is 8. The molecule has 0 saturated heterocycles. The fourth-order valence-corrected chi connectivity index (χ4v) is 2.08. The Hall–Kier alpha value is -2.57. The van der Waals surface area contributed by atoms with Crippen molar-refractivity contribution in [3.05, 3.63) is 35.9 Å². The van der Waals surface area contributed by atoms with Crippen LogP contribution in [0.1, 0.15) is 24.8 Å². The number of aliphatic carboxylic acids is 1. The van der Waals surface area contributed by atoms with Gasteiger partial charge >= 0.3 is 12.1 Å². The molecule has 2 amide bonds. The minimum Gasteiger partial charge on any atom is -0.480 e. The Morgan fingerprint density at radius 1 is 1.22 bits per heavy atom. The van der Waals surface area contributed by atoms with E-state index < -0.39 is 24.0 Å². The van der Waals surface area contributed by atoms with E-state index in [9.17, 15) is 14.4 Å². The molecule has 1 aromatic carbocycles. The summed E-state index contributed by atoms with van der Waals surface area (Å²) in [6.45, 7) is -0.213. The van der Waals surface area contributed by atoms with Crippen molar-refractivity contribution in [3.63, 3.8) is 0 Å². The lowest BCUT2D eigenvalue weighted by molar-refractivity contribution is -0.142. The van der Waals surface area contributed by atoms with Gasteiger partial charge in [0.15, 0.2) is 0 Å². The Morgan fingerprint density at radius 2 is 1.91 bits per heavy atom. The van der Waals surface area contributed by atoms with E-state index in [1.807, 2.05) is 30.3 Å². The largest absolute Gasteiger partial charge is 0.480 e. The monoisotopic (exact) mass is 320 g/mol. The smallest absolute Gasteiger partial charge is 0.407 e. The Kier molecular flexibility index (Phi) is 5.96. The second kappa shape index (κ2) is 8.17. The van der Waals surface area contributed by atoms with Crippen LogP contribution < -0.4 is 10.6 Å². The molecule has 23 heavy (non-hydrogen) atoms. The summed E-state index contributed by atoms with van der Waals surface area (Å²) in [5.74, 6) is -1.23. The zero-order valence-electron chi connectivity index (χ0n) is 12.7. The van der Waals surface area contributed by atoms with Crippen molar-refractivity contribution in [1.82, 2.24) is 10.6 Å².